The van der Waals surface area contributed by atoms with Crippen LogP contribution >= 0.6 is 11.6 Å². The second-order valence-electron chi connectivity index (χ2n) is 8.00. The Balaban J connectivity index is 1.18. The van der Waals surface area contributed by atoms with E-state index in [0.29, 0.717) is 36.3 Å². The number of aryl methyl sites for hydroxylation is 1. The molecule has 0 saturated carbocycles. The number of aromatic nitrogens is 6. The maximum Gasteiger partial charge on any atom is 0.315 e. The molecule has 0 aliphatic carbocycles. The SMILES string of the molecule is Cc1nc(CNC(=O)NCc2ncnn2Cc2ccc3c(c2)CCO3)n(-c2ccc(Cl)c(F)c2)n1. The van der Waals surface area contributed by atoms with E-state index in [1.54, 1.807) is 17.7 Å². The van der Waals surface area contributed by atoms with Crippen LogP contribution in [0.4, 0.5) is 9.18 Å². The van der Waals surface area contributed by atoms with E-state index in [-0.39, 0.29) is 18.1 Å². The summed E-state index contributed by atoms with van der Waals surface area (Å²) in [5, 5.41) is 14.1. The van der Waals surface area contributed by atoms with E-state index in [9.17, 15) is 9.18 Å². The minimum absolute atomic E-state index is 0.0164. The fourth-order valence-corrected chi connectivity index (χ4v) is 3.96. The maximum absolute atomic E-state index is 13.9. The summed E-state index contributed by atoms with van der Waals surface area (Å²) < 4.78 is 22.7. The number of rotatable bonds is 7. The average molecular weight is 497 g/mol. The zero-order valence-corrected chi connectivity index (χ0v) is 19.6. The Morgan fingerprint density at radius 3 is 2.83 bits per heavy atom. The number of nitrogens with one attached hydrogen (secondary N) is 2. The summed E-state index contributed by atoms with van der Waals surface area (Å²) >= 11 is 5.77. The number of hydrogen-bond acceptors (Lipinski definition) is 6. The van der Waals surface area contributed by atoms with Gasteiger partial charge in [0, 0.05) is 12.5 Å². The number of hydrogen-bond donors (Lipinski definition) is 2. The Bertz CT molecular complexity index is 1390. The van der Waals surface area contributed by atoms with Crippen LogP contribution in [0.5, 0.6) is 5.75 Å². The Kier molecular flexibility index (Phi) is 6.32. The number of urea groups is 1. The second-order valence-corrected chi connectivity index (χ2v) is 8.40. The predicted octanol–water partition coefficient (Wildman–Crippen LogP) is 2.94. The van der Waals surface area contributed by atoms with Crippen molar-refractivity contribution in [1.82, 2.24) is 40.2 Å². The highest BCUT2D eigenvalue weighted by atomic mass is 35.5. The number of halogens is 2. The van der Waals surface area contributed by atoms with E-state index < -0.39 is 11.8 Å². The van der Waals surface area contributed by atoms with E-state index in [1.165, 1.54) is 28.7 Å². The first-order chi connectivity index (χ1) is 17.0. The van der Waals surface area contributed by atoms with Gasteiger partial charge in [0.2, 0.25) is 0 Å². The number of carbonyl (C=O) groups is 1. The minimum atomic E-state index is -0.564. The summed E-state index contributed by atoms with van der Waals surface area (Å²) in [6, 6.07) is 10.0. The van der Waals surface area contributed by atoms with E-state index in [0.717, 1.165) is 17.7 Å². The van der Waals surface area contributed by atoms with Crippen LogP contribution in [-0.4, -0.2) is 42.2 Å². The van der Waals surface area contributed by atoms with Gasteiger partial charge in [-0.25, -0.2) is 28.5 Å². The largest absolute Gasteiger partial charge is 0.493 e. The van der Waals surface area contributed by atoms with Crippen molar-refractivity contribution >= 4 is 17.6 Å². The summed E-state index contributed by atoms with van der Waals surface area (Å²) in [6.07, 6.45) is 2.36. The fourth-order valence-electron chi connectivity index (χ4n) is 3.85. The number of nitrogens with zero attached hydrogens (tertiary/aromatic N) is 6. The van der Waals surface area contributed by atoms with Gasteiger partial charge in [0.1, 0.15) is 29.5 Å². The Hall–Kier alpha value is -3.99. The van der Waals surface area contributed by atoms with Crippen molar-refractivity contribution in [3.63, 3.8) is 0 Å². The smallest absolute Gasteiger partial charge is 0.315 e. The lowest BCUT2D eigenvalue weighted by Gasteiger charge is -2.10. The number of amides is 2. The van der Waals surface area contributed by atoms with Gasteiger partial charge in [-0.1, -0.05) is 23.7 Å². The zero-order valence-electron chi connectivity index (χ0n) is 18.8. The lowest BCUT2D eigenvalue weighted by atomic mass is 10.1. The monoisotopic (exact) mass is 496 g/mol. The molecule has 2 aromatic heterocycles. The number of carbonyl (C=O) groups excluding carboxylic acids is 1. The molecule has 10 nitrogen and oxygen atoms in total. The quantitative estimate of drug-likeness (QED) is 0.407. The lowest BCUT2D eigenvalue weighted by Crippen LogP contribution is -2.36. The van der Waals surface area contributed by atoms with Gasteiger partial charge in [0.25, 0.3) is 0 Å². The molecule has 0 fully saturated rings. The third-order valence-electron chi connectivity index (χ3n) is 5.52. The summed E-state index contributed by atoms with van der Waals surface area (Å²) in [5.74, 6) is 1.92. The van der Waals surface area contributed by atoms with Gasteiger partial charge in [-0.2, -0.15) is 10.2 Å². The number of fused-ring (bicyclic) bond motifs is 1. The normalized spacial score (nSPS) is 12.3. The molecule has 0 saturated heterocycles. The fraction of sp³-hybridized carbons (Fsp3) is 0.261. The predicted molar refractivity (Wildman–Crippen MR) is 125 cm³/mol. The van der Waals surface area contributed by atoms with Crippen LogP contribution in [0.1, 0.15) is 28.6 Å². The molecule has 2 N–H and O–H groups in total. The number of benzene rings is 2. The molecule has 5 rings (SSSR count). The molecular formula is C23H22ClFN8O2. The van der Waals surface area contributed by atoms with Crippen LogP contribution < -0.4 is 15.4 Å². The summed E-state index contributed by atoms with van der Waals surface area (Å²) in [4.78, 5) is 21.0. The third-order valence-corrected chi connectivity index (χ3v) is 5.83. The lowest BCUT2D eigenvalue weighted by molar-refractivity contribution is 0.239. The Morgan fingerprint density at radius 1 is 1.17 bits per heavy atom. The highest BCUT2D eigenvalue weighted by Crippen LogP contribution is 2.26. The van der Waals surface area contributed by atoms with E-state index in [1.807, 2.05) is 12.1 Å². The summed E-state index contributed by atoms with van der Waals surface area (Å²) in [7, 11) is 0. The van der Waals surface area contributed by atoms with Crippen molar-refractivity contribution in [2.24, 2.45) is 0 Å². The molecule has 2 amide bonds. The van der Waals surface area contributed by atoms with Crippen molar-refractivity contribution in [2.45, 2.75) is 33.0 Å². The van der Waals surface area contributed by atoms with E-state index in [4.69, 9.17) is 16.3 Å². The molecule has 0 spiro atoms. The maximum atomic E-state index is 13.9. The summed E-state index contributed by atoms with van der Waals surface area (Å²) in [5.41, 5.74) is 2.72. The topological polar surface area (TPSA) is 112 Å². The first kappa shape index (κ1) is 22.8. The van der Waals surface area contributed by atoms with Crippen molar-refractivity contribution < 1.29 is 13.9 Å². The zero-order chi connectivity index (χ0) is 24.4. The molecule has 1 aliphatic rings. The van der Waals surface area contributed by atoms with E-state index >= 15 is 0 Å². The molecule has 180 valence electrons. The first-order valence-electron chi connectivity index (χ1n) is 11.0. The van der Waals surface area contributed by atoms with Crippen molar-refractivity contribution in [3.05, 3.63) is 82.2 Å². The molecule has 4 aromatic rings. The van der Waals surface area contributed by atoms with Crippen LogP contribution in [0.25, 0.3) is 5.69 Å². The molecule has 3 heterocycles. The van der Waals surface area contributed by atoms with Gasteiger partial charge >= 0.3 is 6.03 Å². The van der Waals surface area contributed by atoms with Crippen molar-refractivity contribution in [2.75, 3.05) is 6.61 Å². The highest BCUT2D eigenvalue weighted by molar-refractivity contribution is 6.30. The Morgan fingerprint density at radius 2 is 2.00 bits per heavy atom. The average Bonchev–Trinajstić information content (AvgIpc) is 3.58. The van der Waals surface area contributed by atoms with Gasteiger partial charge in [-0.05, 0) is 36.2 Å². The van der Waals surface area contributed by atoms with Crippen LogP contribution in [-0.2, 0) is 26.1 Å². The molecule has 35 heavy (non-hydrogen) atoms. The van der Waals surface area contributed by atoms with Gasteiger partial charge < -0.3 is 15.4 Å². The van der Waals surface area contributed by atoms with Gasteiger partial charge in [0.05, 0.1) is 37.0 Å². The van der Waals surface area contributed by atoms with Crippen molar-refractivity contribution in [3.8, 4) is 11.4 Å². The molecule has 0 radical (unpaired) electrons. The molecule has 1 aliphatic heterocycles. The van der Waals surface area contributed by atoms with Gasteiger partial charge in [-0.15, -0.1) is 0 Å². The van der Waals surface area contributed by atoms with E-state index in [2.05, 4.69) is 36.9 Å². The van der Waals surface area contributed by atoms with Crippen LogP contribution in [0.3, 0.4) is 0 Å². The summed E-state index contributed by atoms with van der Waals surface area (Å²) in [6.45, 7) is 3.23. The van der Waals surface area contributed by atoms with Gasteiger partial charge in [-0.3, -0.25) is 0 Å². The Labute approximate surface area is 205 Å². The van der Waals surface area contributed by atoms with Crippen LogP contribution in [0.15, 0.2) is 42.7 Å². The molecule has 0 atom stereocenters. The molecule has 12 heteroatoms. The molecule has 0 bridgehead atoms. The van der Waals surface area contributed by atoms with Crippen LogP contribution in [0, 0.1) is 12.7 Å². The van der Waals surface area contributed by atoms with Crippen molar-refractivity contribution in [1.29, 1.82) is 0 Å². The molecule has 0 unspecified atom stereocenters. The minimum Gasteiger partial charge on any atom is -0.493 e. The van der Waals surface area contributed by atoms with Crippen LogP contribution in [0.2, 0.25) is 5.02 Å². The standard InChI is InChI=1S/C23H22ClFN8O2/c1-14-30-22(33(31-14)17-3-4-18(24)19(25)9-17)11-27-23(34)26-10-21-28-13-29-32(21)12-15-2-5-20-16(8-15)6-7-35-20/h2-5,8-9,13H,6-7,10-12H2,1H3,(H2,26,27,34). The third kappa shape index (κ3) is 5.09. The number of ether oxygens (including phenoxy) is 1. The first-order valence-corrected chi connectivity index (χ1v) is 11.3. The molecular weight excluding hydrogens is 475 g/mol. The van der Waals surface area contributed by atoms with Gasteiger partial charge in [0.15, 0.2) is 5.82 Å². The second kappa shape index (κ2) is 9.71. The molecule has 2 aromatic carbocycles. The highest BCUT2D eigenvalue weighted by Gasteiger charge is 2.15.